The van der Waals surface area contributed by atoms with Gasteiger partial charge in [-0.05, 0) is 13.3 Å². The summed E-state index contributed by atoms with van der Waals surface area (Å²) < 4.78 is 27.1. The molecule has 1 aromatic heterocycles. The Labute approximate surface area is 138 Å². The first-order valence-corrected chi connectivity index (χ1v) is 9.46. The Balaban J connectivity index is 2.20. The molecule has 0 aliphatic carbocycles. The van der Waals surface area contributed by atoms with Gasteiger partial charge in [-0.15, -0.1) is 10.2 Å². The first-order valence-electron chi connectivity index (χ1n) is 7.81. The zero-order valence-electron chi connectivity index (χ0n) is 14.0. The molecule has 0 spiro atoms. The molecule has 0 aliphatic heterocycles. The SMILES string of the molecule is CCc1nncn1CCNC(=NC)NCCCNS(=O)(=O)CC. The third kappa shape index (κ3) is 7.42. The van der Waals surface area contributed by atoms with Crippen molar-refractivity contribution in [2.45, 2.75) is 33.2 Å². The van der Waals surface area contributed by atoms with Gasteiger partial charge in [-0.2, -0.15) is 0 Å². The molecular weight excluding hydrogens is 318 g/mol. The maximum atomic E-state index is 11.3. The smallest absolute Gasteiger partial charge is 0.211 e. The van der Waals surface area contributed by atoms with Crippen LogP contribution < -0.4 is 15.4 Å². The Morgan fingerprint density at radius 1 is 1.26 bits per heavy atom. The fraction of sp³-hybridized carbons (Fsp3) is 0.769. The minimum atomic E-state index is -3.11. The highest BCUT2D eigenvalue weighted by molar-refractivity contribution is 7.89. The largest absolute Gasteiger partial charge is 0.356 e. The van der Waals surface area contributed by atoms with Crippen LogP contribution in [0.4, 0.5) is 0 Å². The quantitative estimate of drug-likeness (QED) is 0.295. The fourth-order valence-corrected chi connectivity index (χ4v) is 2.54. The molecule has 1 rings (SSSR count). The van der Waals surface area contributed by atoms with E-state index in [0.29, 0.717) is 32.0 Å². The van der Waals surface area contributed by atoms with Gasteiger partial charge in [0.2, 0.25) is 10.0 Å². The van der Waals surface area contributed by atoms with Crippen molar-refractivity contribution in [1.29, 1.82) is 0 Å². The maximum absolute atomic E-state index is 11.3. The van der Waals surface area contributed by atoms with E-state index in [4.69, 9.17) is 0 Å². The van der Waals surface area contributed by atoms with Crippen molar-refractivity contribution in [2.75, 3.05) is 32.4 Å². The second-order valence-corrected chi connectivity index (χ2v) is 6.97. The van der Waals surface area contributed by atoms with Crippen molar-refractivity contribution >= 4 is 16.0 Å². The molecule has 0 bridgehead atoms. The lowest BCUT2D eigenvalue weighted by Gasteiger charge is -2.12. The molecule has 0 radical (unpaired) electrons. The second kappa shape index (κ2) is 10.2. The number of aliphatic imine (C=N–C) groups is 1. The standard InChI is InChI=1S/C13H27N7O2S/c1-4-12-19-17-11-20(12)10-9-16-13(14-3)15-7-6-8-18-23(21,22)5-2/h11,18H,4-10H2,1-3H3,(H2,14,15,16). The minimum absolute atomic E-state index is 0.104. The van der Waals surface area contributed by atoms with Crippen LogP contribution in [-0.4, -0.2) is 61.6 Å². The first kappa shape index (κ1) is 19.4. The van der Waals surface area contributed by atoms with Gasteiger partial charge in [-0.25, -0.2) is 13.1 Å². The number of sulfonamides is 1. The molecule has 1 aromatic rings. The van der Waals surface area contributed by atoms with Crippen LogP contribution in [0, 0.1) is 0 Å². The highest BCUT2D eigenvalue weighted by atomic mass is 32.2. The molecule has 0 unspecified atom stereocenters. The highest BCUT2D eigenvalue weighted by Crippen LogP contribution is 1.94. The van der Waals surface area contributed by atoms with Crippen molar-refractivity contribution in [1.82, 2.24) is 30.1 Å². The molecule has 9 nitrogen and oxygen atoms in total. The number of rotatable bonds is 10. The molecular formula is C13H27N7O2S. The predicted molar refractivity (Wildman–Crippen MR) is 90.8 cm³/mol. The van der Waals surface area contributed by atoms with Crippen LogP contribution >= 0.6 is 0 Å². The molecule has 0 saturated heterocycles. The summed E-state index contributed by atoms with van der Waals surface area (Å²) in [4.78, 5) is 4.13. The lowest BCUT2D eigenvalue weighted by atomic mass is 10.4. The number of hydrogen-bond acceptors (Lipinski definition) is 5. The van der Waals surface area contributed by atoms with E-state index in [2.05, 4.69) is 30.5 Å². The predicted octanol–water partition coefficient (Wildman–Crippen LogP) is -0.665. The molecule has 0 fully saturated rings. The van der Waals surface area contributed by atoms with Crippen LogP contribution in [-0.2, 0) is 23.0 Å². The summed E-state index contributed by atoms with van der Waals surface area (Å²) in [6, 6.07) is 0. The normalized spacial score (nSPS) is 12.4. The Kier molecular flexibility index (Phi) is 8.56. The highest BCUT2D eigenvalue weighted by Gasteiger charge is 2.05. The van der Waals surface area contributed by atoms with Gasteiger partial charge in [-0.1, -0.05) is 6.92 Å². The zero-order chi connectivity index (χ0) is 17.1. The topological polar surface area (TPSA) is 113 Å². The van der Waals surface area contributed by atoms with E-state index in [1.807, 2.05) is 11.5 Å². The lowest BCUT2D eigenvalue weighted by Crippen LogP contribution is -2.40. The van der Waals surface area contributed by atoms with Gasteiger partial charge in [-0.3, -0.25) is 4.99 Å². The van der Waals surface area contributed by atoms with Crippen molar-refractivity contribution in [3.63, 3.8) is 0 Å². The van der Waals surface area contributed by atoms with Crippen LogP contribution in [0.2, 0.25) is 0 Å². The molecule has 132 valence electrons. The van der Waals surface area contributed by atoms with Crippen molar-refractivity contribution < 1.29 is 8.42 Å². The van der Waals surface area contributed by atoms with Crippen molar-refractivity contribution in [3.8, 4) is 0 Å². The Morgan fingerprint density at radius 2 is 2.00 bits per heavy atom. The molecule has 23 heavy (non-hydrogen) atoms. The second-order valence-electron chi connectivity index (χ2n) is 4.87. The molecule has 3 N–H and O–H groups in total. The Bertz CT molecular complexity index is 583. The van der Waals surface area contributed by atoms with E-state index in [-0.39, 0.29) is 5.75 Å². The summed E-state index contributed by atoms with van der Waals surface area (Å²) in [6.07, 6.45) is 3.25. The number of nitrogens with one attached hydrogen (secondary N) is 3. The van der Waals surface area contributed by atoms with Crippen LogP contribution in [0.5, 0.6) is 0 Å². The van der Waals surface area contributed by atoms with E-state index >= 15 is 0 Å². The van der Waals surface area contributed by atoms with Crippen LogP contribution in [0.1, 0.15) is 26.1 Å². The van der Waals surface area contributed by atoms with E-state index in [0.717, 1.165) is 18.8 Å². The third-order valence-corrected chi connectivity index (χ3v) is 4.63. The number of aryl methyl sites for hydroxylation is 1. The van der Waals surface area contributed by atoms with Gasteiger partial charge >= 0.3 is 0 Å². The maximum Gasteiger partial charge on any atom is 0.211 e. The Morgan fingerprint density at radius 3 is 2.65 bits per heavy atom. The average molecular weight is 345 g/mol. The summed E-state index contributed by atoms with van der Waals surface area (Å²) >= 11 is 0. The van der Waals surface area contributed by atoms with Gasteiger partial charge < -0.3 is 15.2 Å². The van der Waals surface area contributed by atoms with Crippen molar-refractivity contribution in [2.24, 2.45) is 4.99 Å². The monoisotopic (exact) mass is 345 g/mol. The van der Waals surface area contributed by atoms with E-state index in [1.165, 1.54) is 0 Å². The number of hydrogen-bond donors (Lipinski definition) is 3. The molecule has 1 heterocycles. The van der Waals surface area contributed by atoms with E-state index < -0.39 is 10.0 Å². The van der Waals surface area contributed by atoms with E-state index in [1.54, 1.807) is 20.3 Å². The van der Waals surface area contributed by atoms with Gasteiger partial charge in [0.25, 0.3) is 0 Å². The summed E-state index contributed by atoms with van der Waals surface area (Å²) in [6.45, 7) is 6.17. The molecule has 0 saturated carbocycles. The first-order chi connectivity index (χ1) is 11.0. The average Bonchev–Trinajstić information content (AvgIpc) is 3.00. The lowest BCUT2D eigenvalue weighted by molar-refractivity contribution is 0.579. The van der Waals surface area contributed by atoms with Crippen molar-refractivity contribution in [3.05, 3.63) is 12.2 Å². The molecule has 0 aromatic carbocycles. The summed E-state index contributed by atoms with van der Waals surface area (Å²) in [7, 11) is -1.41. The van der Waals surface area contributed by atoms with Gasteiger partial charge in [0, 0.05) is 39.6 Å². The molecule has 0 atom stereocenters. The molecule has 10 heteroatoms. The van der Waals surface area contributed by atoms with Gasteiger partial charge in [0.1, 0.15) is 12.2 Å². The third-order valence-electron chi connectivity index (χ3n) is 3.23. The fourth-order valence-electron chi connectivity index (χ4n) is 1.88. The number of guanidine groups is 1. The zero-order valence-corrected chi connectivity index (χ0v) is 14.9. The van der Waals surface area contributed by atoms with Gasteiger partial charge in [0.05, 0.1) is 5.75 Å². The number of aromatic nitrogens is 3. The Hall–Kier alpha value is -1.68. The summed E-state index contributed by atoms with van der Waals surface area (Å²) in [5.74, 6) is 1.75. The van der Waals surface area contributed by atoms with Crippen LogP contribution in [0.3, 0.4) is 0 Å². The molecule has 0 aliphatic rings. The molecule has 0 amide bonds. The van der Waals surface area contributed by atoms with E-state index in [9.17, 15) is 8.42 Å². The van der Waals surface area contributed by atoms with Crippen LogP contribution in [0.15, 0.2) is 11.3 Å². The number of nitrogens with zero attached hydrogens (tertiary/aromatic N) is 4. The minimum Gasteiger partial charge on any atom is -0.356 e. The van der Waals surface area contributed by atoms with Crippen LogP contribution in [0.25, 0.3) is 0 Å². The summed E-state index contributed by atoms with van der Waals surface area (Å²) in [5.41, 5.74) is 0. The van der Waals surface area contributed by atoms with Gasteiger partial charge in [0.15, 0.2) is 5.96 Å². The summed E-state index contributed by atoms with van der Waals surface area (Å²) in [5, 5.41) is 14.3.